The first-order chi connectivity index (χ1) is 9.97. The van der Waals surface area contributed by atoms with Gasteiger partial charge in [0.25, 0.3) is 0 Å². The zero-order valence-corrected chi connectivity index (χ0v) is 12.6. The van der Waals surface area contributed by atoms with E-state index in [1.54, 1.807) is 27.2 Å². The first-order valence-corrected chi connectivity index (χ1v) is 6.55. The topological polar surface area (TPSA) is 55.8 Å². The van der Waals surface area contributed by atoms with Gasteiger partial charge < -0.3 is 14.6 Å². The van der Waals surface area contributed by atoms with Crippen LogP contribution in [0.3, 0.4) is 0 Å². The Kier molecular flexibility index (Phi) is 4.17. The van der Waals surface area contributed by atoms with Crippen LogP contribution in [-0.4, -0.2) is 25.3 Å². The number of hydrogen-bond acceptors (Lipinski definition) is 3. The normalized spacial score (nSPS) is 10.3. The van der Waals surface area contributed by atoms with Crippen LogP contribution in [0.4, 0.5) is 0 Å². The zero-order valence-electron chi connectivity index (χ0n) is 12.6. The molecular weight excluding hydrogens is 268 g/mol. The van der Waals surface area contributed by atoms with Crippen LogP contribution in [0.1, 0.15) is 21.5 Å². The van der Waals surface area contributed by atoms with E-state index in [9.17, 15) is 9.90 Å². The summed E-state index contributed by atoms with van der Waals surface area (Å²) < 4.78 is 10.5. The van der Waals surface area contributed by atoms with E-state index < -0.39 is 5.97 Å². The van der Waals surface area contributed by atoms with Crippen molar-refractivity contribution in [2.24, 2.45) is 0 Å². The fourth-order valence-corrected chi connectivity index (χ4v) is 2.40. The minimum absolute atomic E-state index is 0.311. The Morgan fingerprint density at radius 1 is 0.952 bits per heavy atom. The third-order valence-electron chi connectivity index (χ3n) is 3.50. The molecule has 0 amide bonds. The average Bonchev–Trinajstić information content (AvgIpc) is 2.46. The predicted octanol–water partition coefficient (Wildman–Crippen LogP) is 3.69. The van der Waals surface area contributed by atoms with E-state index in [0.717, 1.165) is 22.3 Å². The maximum atomic E-state index is 11.3. The van der Waals surface area contributed by atoms with Crippen LogP contribution in [0.15, 0.2) is 30.3 Å². The van der Waals surface area contributed by atoms with Crippen LogP contribution < -0.4 is 9.47 Å². The fraction of sp³-hybridized carbons (Fsp3) is 0.235. The summed E-state index contributed by atoms with van der Waals surface area (Å²) in [6.45, 7) is 3.76. The Balaban J connectivity index is 2.61. The van der Waals surface area contributed by atoms with Crippen molar-refractivity contribution >= 4 is 5.97 Å². The number of carbonyl (C=O) groups is 1. The third kappa shape index (κ3) is 2.84. The predicted molar refractivity (Wildman–Crippen MR) is 81.4 cm³/mol. The SMILES string of the molecule is COc1ccc(-c2cc(C(=O)O)c(C)cc2C)cc1OC. The van der Waals surface area contributed by atoms with E-state index in [1.165, 1.54) is 0 Å². The van der Waals surface area contributed by atoms with Crippen molar-refractivity contribution in [3.05, 3.63) is 47.0 Å². The van der Waals surface area contributed by atoms with E-state index in [2.05, 4.69) is 0 Å². The van der Waals surface area contributed by atoms with Gasteiger partial charge in [-0.15, -0.1) is 0 Å². The lowest BCUT2D eigenvalue weighted by Gasteiger charge is -2.13. The van der Waals surface area contributed by atoms with E-state index in [-0.39, 0.29) is 0 Å². The summed E-state index contributed by atoms with van der Waals surface area (Å²) in [4.78, 5) is 11.3. The lowest BCUT2D eigenvalue weighted by molar-refractivity contribution is 0.0696. The summed E-state index contributed by atoms with van der Waals surface area (Å²) in [5.41, 5.74) is 3.85. The molecule has 0 fully saturated rings. The maximum Gasteiger partial charge on any atom is 0.335 e. The van der Waals surface area contributed by atoms with Crippen molar-refractivity contribution in [3.8, 4) is 22.6 Å². The molecule has 4 nitrogen and oxygen atoms in total. The summed E-state index contributed by atoms with van der Waals surface area (Å²) in [5, 5.41) is 9.27. The highest BCUT2D eigenvalue weighted by molar-refractivity contribution is 5.91. The monoisotopic (exact) mass is 286 g/mol. The van der Waals surface area contributed by atoms with Gasteiger partial charge in [-0.3, -0.25) is 0 Å². The second-order valence-electron chi connectivity index (χ2n) is 4.86. The number of carboxylic acids is 1. The van der Waals surface area contributed by atoms with E-state index in [0.29, 0.717) is 17.1 Å². The molecule has 110 valence electrons. The highest BCUT2D eigenvalue weighted by Crippen LogP contribution is 2.34. The molecule has 2 rings (SSSR count). The highest BCUT2D eigenvalue weighted by atomic mass is 16.5. The van der Waals surface area contributed by atoms with Crippen LogP contribution in [0, 0.1) is 13.8 Å². The van der Waals surface area contributed by atoms with Crippen LogP contribution in [0.5, 0.6) is 11.5 Å². The molecule has 0 unspecified atom stereocenters. The molecule has 4 heteroatoms. The van der Waals surface area contributed by atoms with Crippen molar-refractivity contribution < 1.29 is 19.4 Å². The molecule has 0 saturated heterocycles. The van der Waals surface area contributed by atoms with E-state index >= 15 is 0 Å². The van der Waals surface area contributed by atoms with Gasteiger partial charge in [-0.25, -0.2) is 4.79 Å². The Bertz CT molecular complexity index is 689. The molecule has 0 aliphatic carbocycles. The Hall–Kier alpha value is -2.49. The Morgan fingerprint density at radius 3 is 2.19 bits per heavy atom. The Morgan fingerprint density at radius 2 is 1.62 bits per heavy atom. The molecule has 0 aliphatic heterocycles. The van der Waals surface area contributed by atoms with Crippen molar-refractivity contribution in [1.82, 2.24) is 0 Å². The number of rotatable bonds is 4. The molecule has 0 spiro atoms. The summed E-state index contributed by atoms with van der Waals surface area (Å²) in [6.07, 6.45) is 0. The second kappa shape index (κ2) is 5.87. The summed E-state index contributed by atoms with van der Waals surface area (Å²) in [5.74, 6) is 0.338. The van der Waals surface area contributed by atoms with Gasteiger partial charge in [0.2, 0.25) is 0 Å². The number of aryl methyl sites for hydroxylation is 2. The first kappa shape index (κ1) is 14.9. The fourth-order valence-electron chi connectivity index (χ4n) is 2.40. The van der Waals surface area contributed by atoms with Crippen molar-refractivity contribution in [2.45, 2.75) is 13.8 Å². The smallest absolute Gasteiger partial charge is 0.335 e. The minimum atomic E-state index is -0.922. The van der Waals surface area contributed by atoms with Gasteiger partial charge >= 0.3 is 5.97 Å². The summed E-state index contributed by atoms with van der Waals surface area (Å²) >= 11 is 0. The zero-order chi connectivity index (χ0) is 15.6. The molecule has 0 radical (unpaired) electrons. The Labute approximate surface area is 123 Å². The van der Waals surface area contributed by atoms with Gasteiger partial charge in [0, 0.05) is 0 Å². The number of benzene rings is 2. The second-order valence-corrected chi connectivity index (χ2v) is 4.86. The molecule has 0 aliphatic rings. The van der Waals surface area contributed by atoms with Crippen LogP contribution in [-0.2, 0) is 0 Å². The van der Waals surface area contributed by atoms with Crippen molar-refractivity contribution in [1.29, 1.82) is 0 Å². The number of carboxylic acid groups (broad SMARTS) is 1. The van der Waals surface area contributed by atoms with Crippen LogP contribution >= 0.6 is 0 Å². The highest BCUT2D eigenvalue weighted by Gasteiger charge is 2.13. The van der Waals surface area contributed by atoms with Gasteiger partial charge in [0.15, 0.2) is 11.5 Å². The number of aromatic carboxylic acids is 1. The number of hydrogen-bond donors (Lipinski definition) is 1. The third-order valence-corrected chi connectivity index (χ3v) is 3.50. The molecule has 0 aromatic heterocycles. The standard InChI is InChI=1S/C17H18O4/c1-10-7-11(2)14(17(18)19)9-13(10)12-5-6-15(20-3)16(8-12)21-4/h5-9H,1-4H3,(H,18,19). The van der Waals surface area contributed by atoms with Crippen molar-refractivity contribution in [3.63, 3.8) is 0 Å². The van der Waals surface area contributed by atoms with E-state index in [1.807, 2.05) is 31.2 Å². The number of methoxy groups -OCH3 is 2. The first-order valence-electron chi connectivity index (χ1n) is 6.55. The summed E-state index contributed by atoms with van der Waals surface area (Å²) in [7, 11) is 3.16. The molecule has 0 heterocycles. The van der Waals surface area contributed by atoms with Gasteiger partial charge in [0.05, 0.1) is 19.8 Å². The molecule has 21 heavy (non-hydrogen) atoms. The van der Waals surface area contributed by atoms with Crippen molar-refractivity contribution in [2.75, 3.05) is 14.2 Å². The molecule has 2 aromatic carbocycles. The molecular formula is C17H18O4. The minimum Gasteiger partial charge on any atom is -0.493 e. The molecule has 0 saturated carbocycles. The van der Waals surface area contributed by atoms with Gasteiger partial charge in [0.1, 0.15) is 0 Å². The van der Waals surface area contributed by atoms with E-state index in [4.69, 9.17) is 9.47 Å². The van der Waals surface area contributed by atoms with Gasteiger partial charge in [-0.1, -0.05) is 12.1 Å². The lowest BCUT2D eigenvalue weighted by Crippen LogP contribution is -2.01. The summed E-state index contributed by atoms with van der Waals surface area (Å²) in [6, 6.07) is 9.14. The molecule has 2 aromatic rings. The molecule has 1 N–H and O–H groups in total. The van der Waals surface area contributed by atoms with Gasteiger partial charge in [-0.05, 0) is 54.3 Å². The van der Waals surface area contributed by atoms with Crippen LogP contribution in [0.25, 0.3) is 11.1 Å². The number of ether oxygens (including phenoxy) is 2. The quantitative estimate of drug-likeness (QED) is 0.931. The van der Waals surface area contributed by atoms with Crippen LogP contribution in [0.2, 0.25) is 0 Å². The molecule has 0 bridgehead atoms. The maximum absolute atomic E-state index is 11.3. The molecule has 0 atom stereocenters. The largest absolute Gasteiger partial charge is 0.493 e. The van der Waals surface area contributed by atoms with Gasteiger partial charge in [-0.2, -0.15) is 0 Å². The average molecular weight is 286 g/mol. The lowest BCUT2D eigenvalue weighted by atomic mass is 9.95.